The maximum absolute atomic E-state index is 11.0. The normalized spacial score (nSPS) is 11.6. The number of carbonyl (C=O) groups is 3. The van der Waals surface area contributed by atoms with Crippen molar-refractivity contribution in [3.63, 3.8) is 0 Å². The van der Waals surface area contributed by atoms with Crippen molar-refractivity contribution in [2.45, 2.75) is 13.8 Å². The number of nitrogens with one attached hydrogen (secondary N) is 1. The molecule has 1 atom stereocenters. The summed E-state index contributed by atoms with van der Waals surface area (Å²) in [6.45, 7) is 2.59. The van der Waals surface area contributed by atoms with Crippen LogP contribution in [0.1, 0.15) is 13.8 Å². The molecule has 0 fully saturated rings. The van der Waals surface area contributed by atoms with E-state index in [2.05, 4.69) is 10.1 Å². The summed E-state index contributed by atoms with van der Waals surface area (Å²) in [5.74, 6) is -2.12. The lowest BCUT2D eigenvalue weighted by molar-refractivity contribution is -0.148. The third-order valence-corrected chi connectivity index (χ3v) is 1.53. The van der Waals surface area contributed by atoms with Crippen molar-refractivity contribution in [3.05, 3.63) is 0 Å². The van der Waals surface area contributed by atoms with E-state index in [4.69, 9.17) is 0 Å². The van der Waals surface area contributed by atoms with Crippen molar-refractivity contribution >= 4 is 17.7 Å². The third-order valence-electron chi connectivity index (χ3n) is 1.53. The first-order valence-electron chi connectivity index (χ1n) is 3.81. The Bertz CT molecular complexity index is 224. The summed E-state index contributed by atoms with van der Waals surface area (Å²) < 4.78 is 4.39. The molecule has 0 aliphatic rings. The van der Waals surface area contributed by atoms with Crippen molar-refractivity contribution in [3.8, 4) is 0 Å². The average Bonchev–Trinajstić information content (AvgIpc) is 2.03. The standard InChI is InChI=1S/C8H13NO4/c1-5(10)7(8(12)13-3)4-9-6(2)11/h7H,4H2,1-3H3,(H,9,11). The summed E-state index contributed by atoms with van der Waals surface area (Å²) in [6, 6.07) is 0. The highest BCUT2D eigenvalue weighted by atomic mass is 16.5. The molecular formula is C8H13NO4. The van der Waals surface area contributed by atoms with Crippen LogP contribution in [0.3, 0.4) is 0 Å². The zero-order chi connectivity index (χ0) is 10.4. The fourth-order valence-corrected chi connectivity index (χ4v) is 0.781. The van der Waals surface area contributed by atoms with E-state index in [0.29, 0.717) is 0 Å². The lowest BCUT2D eigenvalue weighted by Gasteiger charge is -2.10. The van der Waals surface area contributed by atoms with Crippen molar-refractivity contribution in [1.29, 1.82) is 0 Å². The van der Waals surface area contributed by atoms with Gasteiger partial charge in [0.1, 0.15) is 11.7 Å². The van der Waals surface area contributed by atoms with Crippen LogP contribution < -0.4 is 5.32 Å². The smallest absolute Gasteiger partial charge is 0.318 e. The summed E-state index contributed by atoms with van der Waals surface area (Å²) in [6.07, 6.45) is 0. The van der Waals surface area contributed by atoms with Gasteiger partial charge in [0.2, 0.25) is 5.91 Å². The van der Waals surface area contributed by atoms with Crippen LogP contribution in [-0.2, 0) is 19.1 Å². The molecule has 0 rings (SSSR count). The summed E-state index contributed by atoms with van der Waals surface area (Å²) in [7, 11) is 1.20. The maximum Gasteiger partial charge on any atom is 0.318 e. The van der Waals surface area contributed by atoms with Crippen molar-refractivity contribution < 1.29 is 19.1 Å². The van der Waals surface area contributed by atoms with Gasteiger partial charge in [-0.2, -0.15) is 0 Å². The van der Waals surface area contributed by atoms with Crippen LogP contribution in [0.2, 0.25) is 0 Å². The Morgan fingerprint density at radius 1 is 1.31 bits per heavy atom. The third kappa shape index (κ3) is 4.25. The van der Waals surface area contributed by atoms with E-state index in [1.165, 1.54) is 21.0 Å². The first-order chi connectivity index (χ1) is 5.99. The van der Waals surface area contributed by atoms with Gasteiger partial charge >= 0.3 is 5.97 Å². The molecule has 5 heteroatoms. The fourth-order valence-electron chi connectivity index (χ4n) is 0.781. The molecule has 0 saturated carbocycles. The Morgan fingerprint density at radius 3 is 2.15 bits per heavy atom. The van der Waals surface area contributed by atoms with Gasteiger partial charge in [-0.25, -0.2) is 0 Å². The minimum atomic E-state index is -0.895. The summed E-state index contributed by atoms with van der Waals surface area (Å²) in [5.41, 5.74) is 0. The van der Waals surface area contributed by atoms with Gasteiger partial charge in [0.05, 0.1) is 7.11 Å². The lowest BCUT2D eigenvalue weighted by Crippen LogP contribution is -2.36. The van der Waals surface area contributed by atoms with Gasteiger partial charge in [-0.15, -0.1) is 0 Å². The quantitative estimate of drug-likeness (QED) is 0.475. The van der Waals surface area contributed by atoms with Gasteiger partial charge in [-0.1, -0.05) is 0 Å². The van der Waals surface area contributed by atoms with Crippen molar-refractivity contribution in [2.75, 3.05) is 13.7 Å². The molecule has 0 spiro atoms. The predicted molar refractivity (Wildman–Crippen MR) is 44.9 cm³/mol. The molecule has 74 valence electrons. The molecule has 0 saturated heterocycles. The van der Waals surface area contributed by atoms with Crippen LogP contribution in [0.25, 0.3) is 0 Å². The van der Waals surface area contributed by atoms with Gasteiger partial charge in [0.25, 0.3) is 0 Å². The number of amides is 1. The number of methoxy groups -OCH3 is 1. The van der Waals surface area contributed by atoms with Crippen LogP contribution in [0.15, 0.2) is 0 Å². The Hall–Kier alpha value is -1.39. The number of esters is 1. The van der Waals surface area contributed by atoms with E-state index >= 15 is 0 Å². The van der Waals surface area contributed by atoms with Gasteiger partial charge < -0.3 is 10.1 Å². The van der Waals surface area contributed by atoms with Gasteiger partial charge in [0, 0.05) is 13.5 Å². The Labute approximate surface area is 76.4 Å². The van der Waals surface area contributed by atoms with E-state index < -0.39 is 11.9 Å². The van der Waals surface area contributed by atoms with E-state index in [1.54, 1.807) is 0 Å². The molecule has 0 bridgehead atoms. The number of Topliss-reactive ketones (excluding diaryl/α,β-unsaturated/α-hetero) is 1. The summed E-state index contributed by atoms with van der Waals surface area (Å²) in [4.78, 5) is 32.4. The Morgan fingerprint density at radius 2 is 1.85 bits per heavy atom. The molecule has 0 aliphatic carbocycles. The summed E-state index contributed by atoms with van der Waals surface area (Å²) >= 11 is 0. The van der Waals surface area contributed by atoms with E-state index in [9.17, 15) is 14.4 Å². The fraction of sp³-hybridized carbons (Fsp3) is 0.625. The number of ether oxygens (including phenoxy) is 1. The highest BCUT2D eigenvalue weighted by Crippen LogP contribution is 1.99. The average molecular weight is 187 g/mol. The molecule has 13 heavy (non-hydrogen) atoms. The van der Waals surface area contributed by atoms with E-state index in [-0.39, 0.29) is 18.2 Å². The molecule has 1 N–H and O–H groups in total. The number of ketones is 1. The van der Waals surface area contributed by atoms with Crippen LogP contribution >= 0.6 is 0 Å². The van der Waals surface area contributed by atoms with Gasteiger partial charge in [-0.05, 0) is 6.92 Å². The van der Waals surface area contributed by atoms with Crippen LogP contribution in [0.4, 0.5) is 0 Å². The number of carbonyl (C=O) groups excluding carboxylic acids is 3. The second kappa shape index (κ2) is 5.29. The van der Waals surface area contributed by atoms with Gasteiger partial charge in [-0.3, -0.25) is 14.4 Å². The molecule has 0 aromatic rings. The molecule has 1 amide bonds. The zero-order valence-electron chi connectivity index (χ0n) is 7.92. The summed E-state index contributed by atoms with van der Waals surface area (Å²) in [5, 5.41) is 2.38. The molecule has 0 aromatic carbocycles. The first-order valence-corrected chi connectivity index (χ1v) is 3.81. The lowest BCUT2D eigenvalue weighted by atomic mass is 10.1. The monoisotopic (exact) mass is 187 g/mol. The first kappa shape index (κ1) is 11.6. The molecule has 0 heterocycles. The van der Waals surface area contributed by atoms with Crippen LogP contribution in [-0.4, -0.2) is 31.3 Å². The molecule has 1 unspecified atom stereocenters. The molecule has 0 aliphatic heterocycles. The number of hydrogen-bond donors (Lipinski definition) is 1. The molecule has 0 aromatic heterocycles. The van der Waals surface area contributed by atoms with Crippen molar-refractivity contribution in [2.24, 2.45) is 5.92 Å². The molecule has 0 radical (unpaired) electrons. The molecule has 5 nitrogen and oxygen atoms in total. The zero-order valence-corrected chi connectivity index (χ0v) is 7.92. The number of rotatable bonds is 4. The van der Waals surface area contributed by atoms with Crippen LogP contribution in [0, 0.1) is 5.92 Å². The maximum atomic E-state index is 11.0. The largest absolute Gasteiger partial charge is 0.468 e. The topological polar surface area (TPSA) is 72.5 Å². The highest BCUT2D eigenvalue weighted by Gasteiger charge is 2.23. The minimum absolute atomic E-state index is 0.00264. The Kier molecular flexibility index (Phi) is 4.72. The van der Waals surface area contributed by atoms with Gasteiger partial charge in [0.15, 0.2) is 0 Å². The predicted octanol–water partition coefficient (Wildman–Crippen LogP) is -0.499. The van der Waals surface area contributed by atoms with E-state index in [0.717, 1.165) is 0 Å². The minimum Gasteiger partial charge on any atom is -0.468 e. The van der Waals surface area contributed by atoms with Crippen molar-refractivity contribution in [1.82, 2.24) is 5.32 Å². The van der Waals surface area contributed by atoms with E-state index in [1.807, 2.05) is 0 Å². The number of hydrogen-bond acceptors (Lipinski definition) is 4. The SMILES string of the molecule is COC(=O)C(CNC(C)=O)C(C)=O. The molecular weight excluding hydrogens is 174 g/mol. The Balaban J connectivity index is 4.18. The highest BCUT2D eigenvalue weighted by molar-refractivity contribution is 5.98. The van der Waals surface area contributed by atoms with Crippen LogP contribution in [0.5, 0.6) is 0 Å². The second-order valence-electron chi connectivity index (χ2n) is 2.62. The second-order valence-corrected chi connectivity index (χ2v) is 2.62.